The minimum atomic E-state index is -1.26. The molecule has 0 aliphatic carbocycles. The third kappa shape index (κ3) is 3.12. The number of methoxy groups -OCH3 is 1. The molecule has 2 atom stereocenters. The van der Waals surface area contributed by atoms with Gasteiger partial charge >= 0.3 is 0 Å². The van der Waals surface area contributed by atoms with Crippen molar-refractivity contribution in [1.82, 2.24) is 4.98 Å². The van der Waals surface area contributed by atoms with Crippen molar-refractivity contribution in [3.8, 4) is 5.75 Å². The van der Waals surface area contributed by atoms with Crippen molar-refractivity contribution in [3.63, 3.8) is 0 Å². The zero-order valence-electron chi connectivity index (χ0n) is 16.3. The maximum Gasteiger partial charge on any atom is 0.297 e. The molecule has 1 aliphatic rings. The van der Waals surface area contributed by atoms with Crippen LogP contribution >= 0.6 is 11.3 Å². The standard InChI is InChI=1S/C23H16N2O5S/c1-29-15-7-4-6-14(11-15)19-18(21(27)22(28)25(19)23-24-9-10-31-23)20(26)17-12-13-5-2-3-8-16(13)30-17/h2-12,18-19H,1H3. The van der Waals surface area contributed by atoms with Crippen LogP contribution in [0, 0.1) is 5.92 Å². The van der Waals surface area contributed by atoms with Gasteiger partial charge < -0.3 is 9.15 Å². The molecule has 0 bridgehead atoms. The summed E-state index contributed by atoms with van der Waals surface area (Å²) in [4.78, 5) is 45.1. The maximum absolute atomic E-state index is 13.5. The molecular weight excluding hydrogens is 416 g/mol. The summed E-state index contributed by atoms with van der Waals surface area (Å²) in [6.07, 6.45) is 1.55. The maximum atomic E-state index is 13.5. The van der Waals surface area contributed by atoms with Gasteiger partial charge in [0.1, 0.15) is 17.3 Å². The van der Waals surface area contributed by atoms with Crippen LogP contribution in [0.3, 0.4) is 0 Å². The molecule has 1 fully saturated rings. The first-order chi connectivity index (χ1) is 15.1. The molecule has 3 heterocycles. The van der Waals surface area contributed by atoms with Crippen LogP contribution in [0.2, 0.25) is 0 Å². The van der Waals surface area contributed by atoms with Gasteiger partial charge in [-0.2, -0.15) is 0 Å². The Labute approximate surface area is 180 Å². The molecule has 1 saturated heterocycles. The summed E-state index contributed by atoms with van der Waals surface area (Å²) in [6, 6.07) is 14.9. The first kappa shape index (κ1) is 19.2. The molecule has 0 radical (unpaired) electrons. The number of nitrogens with zero attached hydrogens (tertiary/aromatic N) is 2. The van der Waals surface area contributed by atoms with Crippen LogP contribution in [0.15, 0.2) is 70.6 Å². The number of fused-ring (bicyclic) bond motifs is 1. The lowest BCUT2D eigenvalue weighted by atomic mass is 9.88. The number of carbonyl (C=O) groups is 3. The molecule has 0 saturated carbocycles. The molecule has 2 aromatic carbocycles. The van der Waals surface area contributed by atoms with E-state index in [2.05, 4.69) is 4.98 Å². The molecule has 154 valence electrons. The fraction of sp³-hybridized carbons (Fsp3) is 0.130. The van der Waals surface area contributed by atoms with E-state index in [1.807, 2.05) is 12.1 Å². The van der Waals surface area contributed by atoms with Crippen molar-refractivity contribution < 1.29 is 23.5 Å². The summed E-state index contributed by atoms with van der Waals surface area (Å²) in [5.74, 6) is -2.75. The lowest BCUT2D eigenvalue weighted by Crippen LogP contribution is -2.30. The van der Waals surface area contributed by atoms with Crippen molar-refractivity contribution in [3.05, 3.63) is 77.5 Å². The highest BCUT2D eigenvalue weighted by molar-refractivity contribution is 7.14. The topological polar surface area (TPSA) is 89.7 Å². The fourth-order valence-electron chi connectivity index (χ4n) is 3.90. The van der Waals surface area contributed by atoms with Gasteiger partial charge in [0.15, 0.2) is 10.9 Å². The number of ketones is 2. The highest BCUT2D eigenvalue weighted by atomic mass is 32.1. The Hall–Kier alpha value is -3.78. The van der Waals surface area contributed by atoms with Crippen LogP contribution in [-0.2, 0) is 9.59 Å². The third-order valence-corrected chi connectivity index (χ3v) is 6.09. The molecular formula is C23H16N2O5S. The van der Waals surface area contributed by atoms with E-state index in [1.165, 1.54) is 23.3 Å². The van der Waals surface area contributed by atoms with E-state index in [0.29, 0.717) is 22.0 Å². The van der Waals surface area contributed by atoms with Gasteiger partial charge in [-0.05, 0) is 29.8 Å². The number of hydrogen-bond acceptors (Lipinski definition) is 7. The monoisotopic (exact) mass is 432 g/mol. The zero-order chi connectivity index (χ0) is 21.5. The van der Waals surface area contributed by atoms with E-state index in [9.17, 15) is 14.4 Å². The average molecular weight is 432 g/mol. The second-order valence-corrected chi connectivity index (χ2v) is 7.94. The number of anilines is 1. The Bertz CT molecular complexity index is 1280. The highest BCUT2D eigenvalue weighted by Crippen LogP contribution is 2.42. The Morgan fingerprint density at radius 1 is 1.13 bits per heavy atom. The van der Waals surface area contributed by atoms with Crippen LogP contribution in [0.5, 0.6) is 5.75 Å². The van der Waals surface area contributed by atoms with Crippen LogP contribution in [0.4, 0.5) is 5.13 Å². The van der Waals surface area contributed by atoms with E-state index >= 15 is 0 Å². The number of rotatable bonds is 5. The van der Waals surface area contributed by atoms with Gasteiger partial charge in [0.25, 0.3) is 5.91 Å². The van der Waals surface area contributed by atoms with Crippen molar-refractivity contribution in [2.45, 2.75) is 6.04 Å². The molecule has 5 rings (SSSR count). The van der Waals surface area contributed by atoms with E-state index in [1.54, 1.807) is 54.0 Å². The number of thiazole rings is 1. The molecule has 1 aliphatic heterocycles. The van der Waals surface area contributed by atoms with E-state index in [-0.39, 0.29) is 5.76 Å². The van der Waals surface area contributed by atoms with Crippen molar-refractivity contribution >= 4 is 44.9 Å². The van der Waals surface area contributed by atoms with Gasteiger partial charge in [-0.3, -0.25) is 19.3 Å². The summed E-state index contributed by atoms with van der Waals surface area (Å²) >= 11 is 1.22. The number of furan rings is 1. The Morgan fingerprint density at radius 2 is 1.97 bits per heavy atom. The number of amides is 1. The summed E-state index contributed by atoms with van der Waals surface area (Å²) in [6.45, 7) is 0. The Morgan fingerprint density at radius 3 is 2.71 bits per heavy atom. The first-order valence-corrected chi connectivity index (χ1v) is 10.4. The number of benzene rings is 2. The number of ether oxygens (including phenoxy) is 1. The number of carbonyl (C=O) groups excluding carboxylic acids is 3. The molecule has 0 N–H and O–H groups in total. The van der Waals surface area contributed by atoms with Crippen LogP contribution in [-0.4, -0.2) is 29.6 Å². The Kier molecular flexibility index (Phi) is 4.63. The molecule has 8 heteroatoms. The first-order valence-electron chi connectivity index (χ1n) is 9.52. The van der Waals surface area contributed by atoms with Crippen molar-refractivity contribution in [2.75, 3.05) is 12.0 Å². The largest absolute Gasteiger partial charge is 0.497 e. The van der Waals surface area contributed by atoms with E-state index < -0.39 is 29.4 Å². The van der Waals surface area contributed by atoms with Crippen molar-refractivity contribution in [2.24, 2.45) is 5.92 Å². The molecule has 1 amide bonds. The van der Waals surface area contributed by atoms with Gasteiger partial charge in [0, 0.05) is 17.0 Å². The molecule has 31 heavy (non-hydrogen) atoms. The van der Waals surface area contributed by atoms with Gasteiger partial charge in [0.05, 0.1) is 13.2 Å². The molecule has 0 spiro atoms. The lowest BCUT2D eigenvalue weighted by molar-refractivity contribution is -0.135. The predicted molar refractivity (Wildman–Crippen MR) is 114 cm³/mol. The number of hydrogen-bond donors (Lipinski definition) is 0. The SMILES string of the molecule is COc1cccc(C2C(C(=O)c3cc4ccccc4o3)C(=O)C(=O)N2c2nccs2)c1. The smallest absolute Gasteiger partial charge is 0.297 e. The van der Waals surface area contributed by atoms with Crippen LogP contribution in [0.25, 0.3) is 11.0 Å². The minimum absolute atomic E-state index is 0.0428. The van der Waals surface area contributed by atoms with Gasteiger partial charge in [-0.25, -0.2) is 4.98 Å². The molecule has 4 aromatic rings. The lowest BCUT2D eigenvalue weighted by Gasteiger charge is -2.25. The highest BCUT2D eigenvalue weighted by Gasteiger charge is 2.53. The second-order valence-electron chi connectivity index (χ2n) is 7.07. The van der Waals surface area contributed by atoms with E-state index in [0.717, 1.165) is 5.39 Å². The van der Waals surface area contributed by atoms with Gasteiger partial charge in [-0.15, -0.1) is 11.3 Å². The number of para-hydroxylation sites is 1. The summed E-state index contributed by atoms with van der Waals surface area (Å²) in [5.41, 5.74) is 1.14. The predicted octanol–water partition coefficient (Wildman–Crippen LogP) is 4.05. The molecule has 7 nitrogen and oxygen atoms in total. The normalized spacial score (nSPS) is 18.7. The van der Waals surface area contributed by atoms with E-state index in [4.69, 9.17) is 9.15 Å². The second kappa shape index (κ2) is 7.48. The number of aromatic nitrogens is 1. The van der Waals surface area contributed by atoms with Gasteiger partial charge in [-0.1, -0.05) is 30.3 Å². The van der Waals surface area contributed by atoms with Crippen molar-refractivity contribution in [1.29, 1.82) is 0 Å². The molecule has 2 unspecified atom stereocenters. The molecule has 2 aromatic heterocycles. The van der Waals surface area contributed by atoms with Crippen LogP contribution in [0.1, 0.15) is 22.2 Å². The quantitative estimate of drug-likeness (QED) is 0.268. The van der Waals surface area contributed by atoms with Gasteiger partial charge in [0.2, 0.25) is 11.6 Å². The van der Waals surface area contributed by atoms with Crippen LogP contribution < -0.4 is 9.64 Å². The summed E-state index contributed by atoms with van der Waals surface area (Å²) in [5, 5.41) is 2.81. The number of Topliss-reactive ketones (excluding diaryl/α,β-unsaturated/α-hetero) is 2. The third-order valence-electron chi connectivity index (χ3n) is 5.32. The fourth-order valence-corrected chi connectivity index (χ4v) is 4.57. The summed E-state index contributed by atoms with van der Waals surface area (Å²) in [7, 11) is 1.53. The average Bonchev–Trinajstić information content (AvgIpc) is 3.52. The Balaban J connectivity index is 1.65. The summed E-state index contributed by atoms with van der Waals surface area (Å²) < 4.78 is 11.0. The zero-order valence-corrected chi connectivity index (χ0v) is 17.2. The minimum Gasteiger partial charge on any atom is -0.497 e.